The van der Waals surface area contributed by atoms with Crippen molar-refractivity contribution in [2.24, 2.45) is 5.92 Å². The number of aliphatic hydroxyl groups excluding tert-OH is 6. The van der Waals surface area contributed by atoms with Gasteiger partial charge in [0.15, 0.2) is 12.1 Å². The zero-order chi connectivity index (χ0) is 38.8. The number of carbonyl (C=O) groups is 3. The highest BCUT2D eigenvalue weighted by atomic mass is 16.7. The summed E-state index contributed by atoms with van der Waals surface area (Å²) in [4.78, 5) is 37.7. The number of carbonyl (C=O) groups excluding carboxylic acids is 3. The molecule has 0 aromatic heterocycles. The van der Waals surface area contributed by atoms with Gasteiger partial charge in [-0.2, -0.15) is 0 Å². The van der Waals surface area contributed by atoms with Gasteiger partial charge in [-0.25, -0.2) is 0 Å². The van der Waals surface area contributed by atoms with Gasteiger partial charge >= 0.3 is 0 Å². The molecular weight excluding hydrogens is 686 g/mol. The van der Waals surface area contributed by atoms with Crippen molar-refractivity contribution in [1.82, 2.24) is 5.32 Å². The van der Waals surface area contributed by atoms with Gasteiger partial charge in [0.05, 0.1) is 25.4 Å². The molecule has 0 unspecified atom stereocenters. The zero-order valence-electron chi connectivity index (χ0n) is 31.2. The van der Waals surface area contributed by atoms with Crippen molar-refractivity contribution < 1.29 is 59.6 Å². The number of hydrogen-bond donors (Lipinski definition) is 8. The van der Waals surface area contributed by atoms with E-state index < -0.39 is 61.1 Å². The minimum atomic E-state index is -1.51. The fraction of sp³-hybridized carbons (Fsp3) is 0.725. The first-order chi connectivity index (χ1) is 25.4. The normalized spacial score (nSPS) is 25.3. The quantitative estimate of drug-likeness (QED) is 0.0293. The lowest BCUT2D eigenvalue weighted by atomic mass is 9.94. The monoisotopic (exact) mass is 749 g/mol. The van der Waals surface area contributed by atoms with Crippen LogP contribution in [0.2, 0.25) is 0 Å². The number of aromatic hydroxyl groups is 1. The molecule has 2 aliphatic heterocycles. The van der Waals surface area contributed by atoms with E-state index in [1.807, 2.05) is 6.92 Å². The minimum absolute atomic E-state index is 0.0957. The average Bonchev–Trinajstić information content (AvgIpc) is 3.42. The molecule has 13 heteroatoms. The molecule has 2 saturated heterocycles. The summed E-state index contributed by atoms with van der Waals surface area (Å²) in [6.45, 7) is 1.20. The zero-order valence-corrected chi connectivity index (χ0v) is 31.2. The van der Waals surface area contributed by atoms with E-state index in [0.717, 1.165) is 89.0 Å². The van der Waals surface area contributed by atoms with E-state index in [1.165, 1.54) is 12.1 Å². The molecule has 300 valence electrons. The second kappa shape index (κ2) is 23.8. The fourth-order valence-corrected chi connectivity index (χ4v) is 6.90. The molecule has 2 aliphatic rings. The number of hydrogen-bond acceptors (Lipinski definition) is 12. The summed E-state index contributed by atoms with van der Waals surface area (Å²) in [5, 5.41) is 72.0. The van der Waals surface area contributed by atoms with Crippen molar-refractivity contribution >= 4 is 17.5 Å². The Morgan fingerprint density at radius 2 is 1.36 bits per heavy atom. The Hall–Kier alpha value is -2.91. The van der Waals surface area contributed by atoms with Crippen LogP contribution in [0, 0.1) is 5.92 Å². The molecule has 0 aliphatic carbocycles. The van der Waals surface area contributed by atoms with Gasteiger partial charge in [-0.1, -0.05) is 89.7 Å². The molecule has 13 nitrogen and oxygen atoms in total. The summed E-state index contributed by atoms with van der Waals surface area (Å²) >= 11 is 0. The molecule has 8 N–H and O–H groups in total. The lowest BCUT2D eigenvalue weighted by Gasteiger charge is -2.39. The number of ether oxygens (including phenoxy) is 2. The van der Waals surface area contributed by atoms with Gasteiger partial charge in [-0.15, -0.1) is 0 Å². The summed E-state index contributed by atoms with van der Waals surface area (Å²) in [5.74, 6) is -0.934. The smallest absolute Gasteiger partial charge is 0.259 e. The van der Waals surface area contributed by atoms with Crippen LogP contribution in [0.4, 0.5) is 0 Å². The van der Waals surface area contributed by atoms with Crippen LogP contribution in [0.5, 0.6) is 5.75 Å². The number of ketones is 2. The average molecular weight is 750 g/mol. The lowest BCUT2D eigenvalue weighted by molar-refractivity contribution is -0.304. The molecule has 1 aromatic carbocycles. The second-order valence-corrected chi connectivity index (χ2v) is 14.8. The van der Waals surface area contributed by atoms with Crippen LogP contribution in [0.3, 0.4) is 0 Å². The Morgan fingerprint density at radius 1 is 0.811 bits per heavy atom. The Balaban J connectivity index is 1.12. The molecule has 1 amide bonds. The molecule has 53 heavy (non-hydrogen) atoms. The largest absolute Gasteiger partial charge is 0.511 e. The molecule has 2 fully saturated rings. The maximum Gasteiger partial charge on any atom is 0.259 e. The predicted octanol–water partition coefficient (Wildman–Crippen LogP) is 3.83. The summed E-state index contributed by atoms with van der Waals surface area (Å²) in [5.41, 5.74) is 0.663. The van der Waals surface area contributed by atoms with Gasteiger partial charge in [-0.3, -0.25) is 14.4 Å². The number of allylic oxidation sites excluding steroid dienone is 1. The van der Waals surface area contributed by atoms with E-state index >= 15 is 0 Å². The van der Waals surface area contributed by atoms with Crippen LogP contribution < -0.4 is 5.32 Å². The number of benzene rings is 1. The number of rotatable bonds is 26. The number of phenolic OH excluding ortho intramolecular Hbond substituents is 1. The molecule has 0 spiro atoms. The van der Waals surface area contributed by atoms with Gasteiger partial charge in [0.1, 0.15) is 47.3 Å². The summed E-state index contributed by atoms with van der Waals surface area (Å²) in [6, 6.07) is 5.73. The topological polar surface area (TPSA) is 223 Å². The summed E-state index contributed by atoms with van der Waals surface area (Å²) < 4.78 is 10.7. The second-order valence-electron chi connectivity index (χ2n) is 14.8. The summed E-state index contributed by atoms with van der Waals surface area (Å²) in [6.07, 6.45) is 7.90. The first kappa shape index (κ1) is 44.5. The lowest BCUT2D eigenvalue weighted by Crippen LogP contribution is -2.59. The highest BCUT2D eigenvalue weighted by Crippen LogP contribution is 2.26. The molecule has 2 heterocycles. The van der Waals surface area contributed by atoms with Crippen molar-refractivity contribution in [3.63, 3.8) is 0 Å². The van der Waals surface area contributed by atoms with Crippen LogP contribution in [-0.4, -0.2) is 109 Å². The Labute approximate surface area is 313 Å². The number of unbranched alkanes of at least 4 members (excludes halogenated alkanes) is 11. The SMILES string of the molecule is C[C@@H](CCCCCCCCC(=O)CCCCCCCCC[C@H](O)CO[C@@H]1O[C@H](CO)[C@@H](O)[C@H](O)[C@@H]1O)/C(O)=C1\C(=O)N[C@@H](Cc2ccc(O)cc2)C1=O. The standard InChI is InChI=1S/C40H63NO12/c1-26(34(46)33-35(47)31(41-39(33)51)23-27-19-21-29(44)22-20-27)15-11-7-5-6-9-13-17-28(43)16-12-8-3-2-4-10-14-18-30(45)25-52-40-38(50)37(49)36(48)32(24-42)53-40/h19-22,26,30-32,36-38,40,42,44-46,48-50H,2-18,23-25H2,1H3,(H,41,51)/b34-33+/t26-,30-,31-,32+,36+,37-,38-,40+/m0/s1. The molecule has 1 aromatic rings. The highest BCUT2D eigenvalue weighted by molar-refractivity contribution is 6.27. The van der Waals surface area contributed by atoms with Crippen molar-refractivity contribution in [1.29, 1.82) is 0 Å². The summed E-state index contributed by atoms with van der Waals surface area (Å²) in [7, 11) is 0. The molecular formula is C40H63NO12. The van der Waals surface area contributed by atoms with Crippen LogP contribution in [-0.2, 0) is 30.3 Å². The van der Waals surface area contributed by atoms with Gasteiger partial charge in [-0.05, 0) is 43.4 Å². The van der Waals surface area contributed by atoms with Crippen LogP contribution in [0.25, 0.3) is 0 Å². The number of aliphatic hydroxyl groups is 6. The van der Waals surface area contributed by atoms with Gasteiger partial charge < -0.3 is 50.5 Å². The van der Waals surface area contributed by atoms with Crippen molar-refractivity contribution in [3.05, 3.63) is 41.2 Å². The third-order valence-corrected chi connectivity index (χ3v) is 10.3. The van der Waals surface area contributed by atoms with E-state index in [-0.39, 0.29) is 29.6 Å². The predicted molar refractivity (Wildman–Crippen MR) is 197 cm³/mol. The van der Waals surface area contributed by atoms with Crippen molar-refractivity contribution in [2.45, 2.75) is 165 Å². The maximum absolute atomic E-state index is 12.9. The Kier molecular flexibility index (Phi) is 20.0. The number of Topliss-reactive ketones (excluding diaryl/α,β-unsaturated/α-hetero) is 2. The molecule has 0 radical (unpaired) electrons. The molecule has 0 saturated carbocycles. The maximum atomic E-state index is 12.9. The molecule has 8 atom stereocenters. The minimum Gasteiger partial charge on any atom is -0.511 e. The highest BCUT2D eigenvalue weighted by Gasteiger charge is 2.44. The van der Waals surface area contributed by atoms with Gasteiger partial charge in [0.25, 0.3) is 5.91 Å². The Morgan fingerprint density at radius 3 is 1.94 bits per heavy atom. The van der Waals surface area contributed by atoms with Crippen molar-refractivity contribution in [3.8, 4) is 5.75 Å². The van der Waals surface area contributed by atoms with E-state index in [9.17, 15) is 50.1 Å². The van der Waals surface area contributed by atoms with E-state index in [2.05, 4.69) is 5.32 Å². The van der Waals surface area contributed by atoms with Crippen molar-refractivity contribution in [2.75, 3.05) is 13.2 Å². The third kappa shape index (κ3) is 15.0. The first-order valence-corrected chi connectivity index (χ1v) is 19.6. The molecule has 0 bridgehead atoms. The number of amides is 1. The van der Waals surface area contributed by atoms with E-state index in [1.54, 1.807) is 12.1 Å². The van der Waals surface area contributed by atoms with E-state index in [4.69, 9.17) is 9.47 Å². The van der Waals surface area contributed by atoms with Crippen LogP contribution in [0.1, 0.15) is 122 Å². The van der Waals surface area contributed by atoms with Gasteiger partial charge in [0, 0.05) is 25.2 Å². The van der Waals surface area contributed by atoms with Gasteiger partial charge in [0.2, 0.25) is 0 Å². The number of nitrogens with one attached hydrogen (secondary N) is 1. The Bertz CT molecular complexity index is 1280. The van der Waals surface area contributed by atoms with Crippen LogP contribution in [0.15, 0.2) is 35.6 Å². The number of phenols is 1. The first-order valence-electron chi connectivity index (χ1n) is 19.6. The molecule has 3 rings (SSSR count). The third-order valence-electron chi connectivity index (χ3n) is 10.3. The van der Waals surface area contributed by atoms with Crippen LogP contribution >= 0.6 is 0 Å². The fourth-order valence-electron chi connectivity index (χ4n) is 6.90. The van der Waals surface area contributed by atoms with E-state index in [0.29, 0.717) is 37.9 Å².